The first-order valence-corrected chi connectivity index (χ1v) is 10.5. The van der Waals surface area contributed by atoms with Crippen LogP contribution in [0.5, 0.6) is 0 Å². The maximum atomic E-state index is 12.8. The van der Waals surface area contributed by atoms with Crippen molar-refractivity contribution >= 4 is 21.4 Å². The minimum atomic E-state index is -3.32. The van der Waals surface area contributed by atoms with Crippen molar-refractivity contribution in [3.05, 3.63) is 51.5 Å². The molecule has 1 atom stereocenters. The summed E-state index contributed by atoms with van der Waals surface area (Å²) < 4.78 is 27.3. The Morgan fingerprint density at radius 3 is 2.57 bits per heavy atom. The predicted octanol–water partition coefficient (Wildman–Crippen LogP) is 3.68. The number of rotatable bonds is 5. The van der Waals surface area contributed by atoms with Crippen LogP contribution in [-0.2, 0) is 22.2 Å². The second-order valence-corrected chi connectivity index (χ2v) is 8.97. The van der Waals surface area contributed by atoms with Crippen LogP contribution in [-0.4, -0.2) is 24.3 Å². The summed E-state index contributed by atoms with van der Waals surface area (Å²) in [6.07, 6.45) is 2.72. The van der Waals surface area contributed by atoms with Gasteiger partial charge < -0.3 is 0 Å². The minimum Gasteiger partial charge on any atom is -0.245 e. The lowest BCUT2D eigenvalue weighted by Crippen LogP contribution is -2.31. The van der Waals surface area contributed by atoms with Gasteiger partial charge in [0.15, 0.2) is 0 Å². The Kier molecular flexibility index (Phi) is 4.85. The number of hydrogen-bond donors (Lipinski definition) is 0. The smallest absolute Gasteiger partial charge is 0.218 e. The average Bonchev–Trinajstić information content (AvgIpc) is 3.16. The van der Waals surface area contributed by atoms with Gasteiger partial charge in [0, 0.05) is 11.9 Å². The fraction of sp³-hybridized carbons (Fsp3) is 0.471. The summed E-state index contributed by atoms with van der Waals surface area (Å²) in [5, 5.41) is 2.98. The summed E-state index contributed by atoms with van der Waals surface area (Å²) in [4.78, 5) is 4.50. The summed E-state index contributed by atoms with van der Waals surface area (Å²) in [6.45, 7) is 4.64. The van der Waals surface area contributed by atoms with Gasteiger partial charge in [0.2, 0.25) is 10.0 Å². The number of sulfonamides is 1. The van der Waals surface area contributed by atoms with Gasteiger partial charge in [-0.1, -0.05) is 31.2 Å². The van der Waals surface area contributed by atoms with Gasteiger partial charge in [-0.2, -0.15) is 4.31 Å². The van der Waals surface area contributed by atoms with E-state index in [1.807, 2.05) is 36.6 Å². The highest BCUT2D eigenvalue weighted by atomic mass is 32.2. The topological polar surface area (TPSA) is 50.3 Å². The lowest BCUT2D eigenvalue weighted by Gasteiger charge is -2.23. The van der Waals surface area contributed by atoms with Gasteiger partial charge in [-0.15, -0.1) is 11.3 Å². The van der Waals surface area contributed by atoms with Crippen molar-refractivity contribution in [3.8, 4) is 0 Å². The van der Waals surface area contributed by atoms with Crippen LogP contribution in [0.25, 0.3) is 0 Å². The van der Waals surface area contributed by atoms with Crippen LogP contribution in [0.2, 0.25) is 0 Å². The standard InChI is InChI=1S/C17H22N2O2S2/c1-3-14-6-8-15(9-7-14)12-23(20,21)19-10-4-5-17(19)16-11-22-13(2)18-16/h6-9,11,17H,3-5,10,12H2,1-2H3. The van der Waals surface area contributed by atoms with E-state index < -0.39 is 10.0 Å². The van der Waals surface area contributed by atoms with E-state index in [9.17, 15) is 8.42 Å². The van der Waals surface area contributed by atoms with E-state index >= 15 is 0 Å². The Hall–Kier alpha value is -1.24. The van der Waals surface area contributed by atoms with Gasteiger partial charge in [0.1, 0.15) is 0 Å². The molecular weight excluding hydrogens is 328 g/mol. The number of benzene rings is 1. The number of nitrogens with zero attached hydrogens (tertiary/aromatic N) is 2. The van der Waals surface area contributed by atoms with Crippen molar-refractivity contribution in [3.63, 3.8) is 0 Å². The normalized spacial score (nSPS) is 19.3. The number of aromatic nitrogens is 1. The van der Waals surface area contributed by atoms with Crippen molar-refractivity contribution in [2.24, 2.45) is 0 Å². The molecule has 2 heterocycles. The molecule has 1 aliphatic rings. The third kappa shape index (κ3) is 3.65. The quantitative estimate of drug-likeness (QED) is 0.826. The fourth-order valence-corrected chi connectivity index (χ4v) is 5.51. The summed E-state index contributed by atoms with van der Waals surface area (Å²) in [5.74, 6) is 0.0661. The molecule has 124 valence electrons. The van der Waals surface area contributed by atoms with Crippen molar-refractivity contribution < 1.29 is 8.42 Å². The zero-order chi connectivity index (χ0) is 16.4. The molecule has 1 unspecified atom stereocenters. The molecule has 4 nitrogen and oxygen atoms in total. The van der Waals surface area contributed by atoms with Crippen molar-refractivity contribution in [2.45, 2.75) is 44.9 Å². The third-order valence-corrected chi connectivity index (χ3v) is 6.96. The molecule has 0 bridgehead atoms. The zero-order valence-electron chi connectivity index (χ0n) is 13.5. The van der Waals surface area contributed by atoms with Crippen LogP contribution >= 0.6 is 11.3 Å². The average molecular weight is 351 g/mol. The highest BCUT2D eigenvalue weighted by Gasteiger charge is 2.36. The Labute approximate surface area is 142 Å². The molecule has 1 aromatic heterocycles. The van der Waals surface area contributed by atoms with Gasteiger partial charge in [-0.3, -0.25) is 0 Å². The van der Waals surface area contributed by atoms with Gasteiger partial charge in [0.05, 0.1) is 22.5 Å². The Balaban J connectivity index is 1.80. The highest BCUT2D eigenvalue weighted by Crippen LogP contribution is 2.35. The van der Waals surface area contributed by atoms with E-state index in [4.69, 9.17) is 0 Å². The summed E-state index contributed by atoms with van der Waals surface area (Å²) in [7, 11) is -3.32. The first kappa shape index (κ1) is 16.6. The molecule has 0 saturated carbocycles. The van der Waals surface area contributed by atoms with Crippen LogP contribution in [0.3, 0.4) is 0 Å². The van der Waals surface area contributed by atoms with Crippen LogP contribution < -0.4 is 0 Å². The molecule has 6 heteroatoms. The van der Waals surface area contributed by atoms with Crippen LogP contribution in [0.4, 0.5) is 0 Å². The molecule has 0 aliphatic carbocycles. The fourth-order valence-electron chi connectivity index (χ4n) is 3.07. The number of thiazole rings is 1. The maximum Gasteiger partial charge on any atom is 0.218 e. The molecule has 1 aliphatic heterocycles. The molecule has 0 radical (unpaired) electrons. The van der Waals surface area contributed by atoms with E-state index in [0.717, 1.165) is 35.5 Å². The Morgan fingerprint density at radius 1 is 1.26 bits per heavy atom. The lowest BCUT2D eigenvalue weighted by molar-refractivity contribution is 0.391. The van der Waals surface area contributed by atoms with Crippen molar-refractivity contribution in [2.75, 3.05) is 6.54 Å². The summed E-state index contributed by atoms with van der Waals surface area (Å²) >= 11 is 1.58. The van der Waals surface area contributed by atoms with E-state index in [2.05, 4.69) is 11.9 Å². The predicted molar refractivity (Wildman–Crippen MR) is 94.0 cm³/mol. The molecule has 3 rings (SSSR count). The molecule has 1 saturated heterocycles. The van der Waals surface area contributed by atoms with Crippen LogP contribution in [0.15, 0.2) is 29.6 Å². The maximum absolute atomic E-state index is 12.8. The van der Waals surface area contributed by atoms with Crippen molar-refractivity contribution in [1.29, 1.82) is 0 Å². The number of aryl methyl sites for hydroxylation is 2. The highest BCUT2D eigenvalue weighted by molar-refractivity contribution is 7.88. The van der Waals surface area contributed by atoms with E-state index in [-0.39, 0.29) is 11.8 Å². The van der Waals surface area contributed by atoms with Crippen LogP contribution in [0, 0.1) is 6.92 Å². The zero-order valence-corrected chi connectivity index (χ0v) is 15.2. The number of hydrogen-bond acceptors (Lipinski definition) is 4. The van der Waals surface area contributed by atoms with Gasteiger partial charge in [-0.25, -0.2) is 13.4 Å². The Bertz CT molecular complexity index is 766. The minimum absolute atomic E-state index is 0.0661. The SMILES string of the molecule is CCc1ccc(CS(=O)(=O)N2CCCC2c2csc(C)n2)cc1. The van der Waals surface area contributed by atoms with Crippen molar-refractivity contribution in [1.82, 2.24) is 9.29 Å². The first-order valence-electron chi connectivity index (χ1n) is 7.99. The van der Waals surface area contributed by atoms with Gasteiger partial charge in [-0.05, 0) is 37.3 Å². The molecule has 2 aromatic rings. The van der Waals surface area contributed by atoms with Gasteiger partial charge >= 0.3 is 0 Å². The van der Waals surface area contributed by atoms with Crippen LogP contribution in [0.1, 0.15) is 47.6 Å². The second-order valence-electron chi connectivity index (χ2n) is 5.99. The third-order valence-electron chi connectivity index (χ3n) is 4.32. The largest absolute Gasteiger partial charge is 0.245 e. The monoisotopic (exact) mass is 350 g/mol. The van der Waals surface area contributed by atoms with Gasteiger partial charge in [0.25, 0.3) is 0 Å². The van der Waals surface area contributed by atoms with E-state index in [1.165, 1.54) is 5.56 Å². The molecule has 0 amide bonds. The molecule has 1 fully saturated rings. The molecule has 0 spiro atoms. The molecule has 1 aromatic carbocycles. The molecule has 0 N–H and O–H groups in total. The summed E-state index contributed by atoms with van der Waals surface area (Å²) in [5.41, 5.74) is 2.97. The second kappa shape index (κ2) is 6.71. The first-order chi connectivity index (χ1) is 11.0. The Morgan fingerprint density at radius 2 is 1.96 bits per heavy atom. The molecule has 23 heavy (non-hydrogen) atoms. The molecular formula is C17H22N2O2S2. The van der Waals surface area contributed by atoms with E-state index in [0.29, 0.717) is 6.54 Å². The lowest BCUT2D eigenvalue weighted by atomic mass is 10.1. The summed E-state index contributed by atoms with van der Waals surface area (Å²) in [6, 6.07) is 7.77. The van der Waals surface area contributed by atoms with E-state index in [1.54, 1.807) is 15.6 Å².